The molecule has 5 nitrogen and oxygen atoms in total. The molecular formula is C22H26N3O2S+. The van der Waals surface area contributed by atoms with E-state index in [0.29, 0.717) is 11.7 Å². The normalized spacial score (nSPS) is 20.6. The van der Waals surface area contributed by atoms with Crippen LogP contribution in [0.4, 0.5) is 5.69 Å². The molecule has 0 saturated carbocycles. The maximum absolute atomic E-state index is 12.8. The molecule has 28 heavy (non-hydrogen) atoms. The second-order valence-corrected chi connectivity index (χ2v) is 8.43. The summed E-state index contributed by atoms with van der Waals surface area (Å²) < 4.78 is 6.59. The van der Waals surface area contributed by atoms with E-state index < -0.39 is 0 Å². The van der Waals surface area contributed by atoms with Gasteiger partial charge in [0.2, 0.25) is 0 Å². The number of methoxy groups -OCH3 is 1. The molecular weight excluding hydrogens is 370 g/mol. The van der Waals surface area contributed by atoms with Gasteiger partial charge >= 0.3 is 0 Å². The Bertz CT molecular complexity index is 930. The lowest BCUT2D eigenvalue weighted by Gasteiger charge is -2.31. The van der Waals surface area contributed by atoms with E-state index in [9.17, 15) is 4.79 Å². The maximum atomic E-state index is 12.8. The standard InChI is InChI=1S/C22H25N3O2S/c1-15(21(26)23-17-7-3-5-9-19(17)27-2)25-13-11-16(12-14-25)22-24-18-8-4-6-10-20(18)28-22/h3-10,15-16H,11-14H2,1-2H3,(H,23,26)/p+1/t15-/m1/s1. The van der Waals surface area contributed by atoms with Crippen molar-refractivity contribution in [1.82, 2.24) is 4.98 Å². The van der Waals surface area contributed by atoms with Crippen LogP contribution < -0.4 is 15.0 Å². The summed E-state index contributed by atoms with van der Waals surface area (Å²) in [6.45, 7) is 3.99. The molecule has 1 amide bonds. The van der Waals surface area contributed by atoms with Crippen molar-refractivity contribution in [2.75, 3.05) is 25.5 Å². The highest BCUT2D eigenvalue weighted by atomic mass is 32.1. The van der Waals surface area contributed by atoms with Crippen molar-refractivity contribution in [1.29, 1.82) is 0 Å². The van der Waals surface area contributed by atoms with Gasteiger partial charge in [-0.25, -0.2) is 4.98 Å². The highest BCUT2D eigenvalue weighted by Gasteiger charge is 2.32. The quantitative estimate of drug-likeness (QED) is 0.697. The number of thiazole rings is 1. The second-order valence-electron chi connectivity index (χ2n) is 7.36. The number of piperidine rings is 1. The number of benzene rings is 2. The Morgan fingerprint density at radius 1 is 1.18 bits per heavy atom. The molecule has 146 valence electrons. The predicted octanol–water partition coefficient (Wildman–Crippen LogP) is 3.09. The average Bonchev–Trinajstić information content (AvgIpc) is 3.18. The lowest BCUT2D eigenvalue weighted by atomic mass is 9.96. The average molecular weight is 397 g/mol. The molecule has 1 aliphatic heterocycles. The summed E-state index contributed by atoms with van der Waals surface area (Å²) in [6, 6.07) is 15.8. The topological polar surface area (TPSA) is 55.7 Å². The van der Waals surface area contributed by atoms with Crippen LogP contribution >= 0.6 is 11.3 Å². The number of carbonyl (C=O) groups is 1. The Morgan fingerprint density at radius 2 is 1.89 bits per heavy atom. The highest BCUT2D eigenvalue weighted by Crippen LogP contribution is 2.31. The Kier molecular flexibility index (Phi) is 5.59. The number of amides is 1. The molecule has 2 aromatic carbocycles. The molecule has 0 radical (unpaired) electrons. The van der Waals surface area contributed by atoms with E-state index in [1.165, 1.54) is 14.6 Å². The number of hydrogen-bond donors (Lipinski definition) is 2. The number of rotatable bonds is 5. The summed E-state index contributed by atoms with van der Waals surface area (Å²) in [4.78, 5) is 18.9. The van der Waals surface area contributed by atoms with Crippen LogP contribution in [-0.4, -0.2) is 37.1 Å². The van der Waals surface area contributed by atoms with Gasteiger partial charge in [0.1, 0.15) is 5.75 Å². The van der Waals surface area contributed by atoms with E-state index in [1.807, 2.05) is 48.6 Å². The molecule has 0 spiro atoms. The number of ether oxygens (including phenoxy) is 1. The Morgan fingerprint density at radius 3 is 2.64 bits per heavy atom. The number of anilines is 1. The summed E-state index contributed by atoms with van der Waals surface area (Å²) >= 11 is 1.81. The third-order valence-electron chi connectivity index (χ3n) is 5.66. The van der Waals surface area contributed by atoms with Gasteiger partial charge in [0.15, 0.2) is 6.04 Å². The predicted molar refractivity (Wildman–Crippen MR) is 113 cm³/mol. The van der Waals surface area contributed by atoms with Gasteiger partial charge in [-0.2, -0.15) is 0 Å². The van der Waals surface area contributed by atoms with Crippen LogP contribution in [0.15, 0.2) is 48.5 Å². The number of nitrogens with zero attached hydrogens (tertiary/aromatic N) is 1. The summed E-state index contributed by atoms with van der Waals surface area (Å²) in [5.41, 5.74) is 1.83. The number of para-hydroxylation sites is 3. The van der Waals surface area contributed by atoms with Crippen molar-refractivity contribution in [2.45, 2.75) is 31.7 Å². The molecule has 1 aliphatic rings. The number of aromatic nitrogens is 1. The molecule has 6 heteroatoms. The fourth-order valence-electron chi connectivity index (χ4n) is 3.91. The monoisotopic (exact) mass is 396 g/mol. The smallest absolute Gasteiger partial charge is 0.282 e. The van der Waals surface area contributed by atoms with Crippen molar-refractivity contribution in [3.05, 3.63) is 53.5 Å². The van der Waals surface area contributed by atoms with Gasteiger partial charge in [0.25, 0.3) is 5.91 Å². The van der Waals surface area contributed by atoms with Crippen molar-refractivity contribution < 1.29 is 14.4 Å². The molecule has 2 N–H and O–H groups in total. The summed E-state index contributed by atoms with van der Waals surface area (Å²) in [5.74, 6) is 1.23. The molecule has 2 heterocycles. The molecule has 1 fully saturated rings. The molecule has 1 atom stereocenters. The third-order valence-corrected chi connectivity index (χ3v) is 6.86. The molecule has 4 rings (SSSR count). The van der Waals surface area contributed by atoms with Gasteiger partial charge in [0.05, 0.1) is 41.1 Å². The minimum Gasteiger partial charge on any atom is -0.495 e. The van der Waals surface area contributed by atoms with Gasteiger partial charge < -0.3 is 15.0 Å². The zero-order chi connectivity index (χ0) is 19.5. The fourth-order valence-corrected chi connectivity index (χ4v) is 5.04. The van der Waals surface area contributed by atoms with Gasteiger partial charge in [-0.1, -0.05) is 24.3 Å². The van der Waals surface area contributed by atoms with Crippen molar-refractivity contribution in [3.8, 4) is 5.75 Å². The third kappa shape index (κ3) is 3.88. The Balaban J connectivity index is 1.36. The van der Waals surface area contributed by atoms with E-state index in [0.717, 1.165) is 37.1 Å². The molecule has 1 saturated heterocycles. The van der Waals surface area contributed by atoms with Gasteiger partial charge in [0, 0.05) is 18.8 Å². The van der Waals surface area contributed by atoms with Crippen LogP contribution in [0.1, 0.15) is 30.7 Å². The molecule has 0 aliphatic carbocycles. The van der Waals surface area contributed by atoms with Crippen molar-refractivity contribution in [3.63, 3.8) is 0 Å². The first-order chi connectivity index (χ1) is 13.7. The first-order valence-corrected chi connectivity index (χ1v) is 10.6. The van der Waals surface area contributed by atoms with E-state index in [2.05, 4.69) is 23.5 Å². The highest BCUT2D eigenvalue weighted by molar-refractivity contribution is 7.18. The minimum atomic E-state index is -0.0961. The van der Waals surface area contributed by atoms with Crippen LogP contribution in [0.2, 0.25) is 0 Å². The van der Waals surface area contributed by atoms with E-state index in [-0.39, 0.29) is 11.9 Å². The molecule has 0 bridgehead atoms. The van der Waals surface area contributed by atoms with Crippen LogP contribution in [0, 0.1) is 0 Å². The first kappa shape index (κ1) is 18.9. The minimum absolute atomic E-state index is 0.0398. The Hall–Kier alpha value is -2.44. The second kappa shape index (κ2) is 8.29. The van der Waals surface area contributed by atoms with Crippen molar-refractivity contribution >= 4 is 33.1 Å². The van der Waals surface area contributed by atoms with Gasteiger partial charge in [-0.15, -0.1) is 11.3 Å². The largest absolute Gasteiger partial charge is 0.495 e. The first-order valence-electron chi connectivity index (χ1n) is 9.79. The number of carbonyl (C=O) groups excluding carboxylic acids is 1. The lowest BCUT2D eigenvalue weighted by molar-refractivity contribution is -0.919. The summed E-state index contributed by atoms with van der Waals surface area (Å²) in [7, 11) is 1.62. The van der Waals surface area contributed by atoms with E-state index in [1.54, 1.807) is 7.11 Å². The fraction of sp³-hybridized carbons (Fsp3) is 0.364. The van der Waals surface area contributed by atoms with Crippen LogP contribution in [0.3, 0.4) is 0 Å². The van der Waals surface area contributed by atoms with Crippen molar-refractivity contribution in [2.24, 2.45) is 0 Å². The molecule has 3 aromatic rings. The van der Waals surface area contributed by atoms with E-state index in [4.69, 9.17) is 9.72 Å². The molecule has 1 aromatic heterocycles. The van der Waals surface area contributed by atoms with E-state index >= 15 is 0 Å². The van der Waals surface area contributed by atoms with Crippen LogP contribution in [0.25, 0.3) is 10.2 Å². The Labute approximate surface area is 169 Å². The number of nitrogens with one attached hydrogen (secondary N) is 2. The van der Waals surface area contributed by atoms with Crippen LogP contribution in [-0.2, 0) is 4.79 Å². The SMILES string of the molecule is COc1ccccc1NC(=O)[C@@H](C)[NH+]1CCC(c2nc3ccccc3s2)CC1. The number of hydrogen-bond acceptors (Lipinski definition) is 4. The zero-order valence-electron chi connectivity index (χ0n) is 16.3. The number of likely N-dealkylation sites (tertiary alicyclic amines) is 1. The molecule has 0 unspecified atom stereocenters. The van der Waals surface area contributed by atoms with Crippen LogP contribution in [0.5, 0.6) is 5.75 Å². The van der Waals surface area contributed by atoms with Gasteiger partial charge in [-0.05, 0) is 31.2 Å². The lowest BCUT2D eigenvalue weighted by Crippen LogP contribution is -3.17. The maximum Gasteiger partial charge on any atom is 0.282 e. The van der Waals surface area contributed by atoms with Gasteiger partial charge in [-0.3, -0.25) is 4.79 Å². The summed E-state index contributed by atoms with van der Waals surface area (Å²) in [5, 5.41) is 4.27. The number of quaternary nitrogens is 1. The summed E-state index contributed by atoms with van der Waals surface area (Å²) in [6.07, 6.45) is 2.14. The zero-order valence-corrected chi connectivity index (χ0v) is 17.1. The number of fused-ring (bicyclic) bond motifs is 1.